The van der Waals surface area contributed by atoms with Gasteiger partial charge in [0.2, 0.25) is 0 Å². The minimum absolute atomic E-state index is 0.00970. The molecule has 7 rings (SSSR count). The highest BCUT2D eigenvalue weighted by molar-refractivity contribution is 5.94. The molecule has 3 fully saturated rings. The number of amides is 4. The van der Waals surface area contributed by atoms with Crippen LogP contribution >= 0.6 is 0 Å². The van der Waals surface area contributed by atoms with Crippen LogP contribution in [-0.2, 0) is 29.9 Å². The van der Waals surface area contributed by atoms with E-state index in [2.05, 4.69) is 38.3 Å². The highest BCUT2D eigenvalue weighted by atomic mass is 16.5. The molecule has 242 valence electrons. The van der Waals surface area contributed by atoms with E-state index in [9.17, 15) is 14.4 Å². The van der Waals surface area contributed by atoms with Gasteiger partial charge in [-0.2, -0.15) is 0 Å². The second-order valence-corrected chi connectivity index (χ2v) is 13.7. The Hall–Kier alpha value is -4.15. The molecule has 4 amide bonds. The lowest BCUT2D eigenvalue weighted by Gasteiger charge is -2.53. The Bertz CT molecular complexity index is 1590. The molecule has 2 saturated heterocycles. The van der Waals surface area contributed by atoms with Crippen molar-refractivity contribution in [3.8, 4) is 0 Å². The van der Waals surface area contributed by atoms with Gasteiger partial charge in [0.1, 0.15) is 5.69 Å². The molecule has 10 heteroatoms. The number of piperidine rings is 1. The van der Waals surface area contributed by atoms with Gasteiger partial charge in [-0.1, -0.05) is 24.3 Å². The lowest BCUT2D eigenvalue weighted by atomic mass is 9.71. The predicted molar refractivity (Wildman–Crippen MR) is 176 cm³/mol. The third kappa shape index (κ3) is 5.69. The van der Waals surface area contributed by atoms with E-state index in [1.54, 1.807) is 19.0 Å². The van der Waals surface area contributed by atoms with Crippen molar-refractivity contribution in [1.82, 2.24) is 24.6 Å². The quantitative estimate of drug-likeness (QED) is 0.399. The molecule has 0 bridgehead atoms. The highest BCUT2D eigenvalue weighted by Gasteiger charge is 2.48. The third-order valence-corrected chi connectivity index (χ3v) is 10.6. The van der Waals surface area contributed by atoms with E-state index in [0.717, 1.165) is 82.9 Å². The Kier molecular flexibility index (Phi) is 8.10. The number of rotatable bonds is 7. The van der Waals surface area contributed by atoms with Crippen molar-refractivity contribution in [2.75, 3.05) is 52.3 Å². The van der Waals surface area contributed by atoms with Gasteiger partial charge in [0, 0.05) is 75.7 Å². The van der Waals surface area contributed by atoms with Gasteiger partial charge in [-0.25, -0.2) is 4.79 Å². The number of aromatic nitrogens is 1. The number of nitrogens with zero attached hydrogens (tertiary/aromatic N) is 4. The van der Waals surface area contributed by atoms with Crippen LogP contribution in [0.3, 0.4) is 0 Å². The van der Waals surface area contributed by atoms with Crippen LogP contribution in [0, 0.1) is 5.41 Å². The number of nitrogens with one attached hydrogen (secondary N) is 2. The molecular weight excluding hydrogens is 580 g/mol. The second-order valence-electron chi connectivity index (χ2n) is 13.7. The van der Waals surface area contributed by atoms with E-state index in [4.69, 9.17) is 4.74 Å². The molecule has 0 radical (unpaired) electrons. The summed E-state index contributed by atoms with van der Waals surface area (Å²) in [5.41, 5.74) is 5.77. The summed E-state index contributed by atoms with van der Waals surface area (Å²) >= 11 is 0. The van der Waals surface area contributed by atoms with Gasteiger partial charge in [0.05, 0.1) is 18.8 Å². The number of carbonyl (C=O) groups is 3. The zero-order valence-corrected chi connectivity index (χ0v) is 26.9. The first kappa shape index (κ1) is 30.5. The largest absolute Gasteiger partial charge is 0.380 e. The summed E-state index contributed by atoms with van der Waals surface area (Å²) in [4.78, 5) is 44.5. The number of benzene rings is 2. The van der Waals surface area contributed by atoms with E-state index >= 15 is 0 Å². The fourth-order valence-corrected chi connectivity index (χ4v) is 7.50. The molecule has 0 unspecified atom stereocenters. The minimum atomic E-state index is -0.0765. The van der Waals surface area contributed by atoms with Crippen molar-refractivity contribution in [2.24, 2.45) is 5.41 Å². The summed E-state index contributed by atoms with van der Waals surface area (Å²) < 4.78 is 7.60. The zero-order chi connectivity index (χ0) is 31.9. The molecule has 4 aliphatic rings. The summed E-state index contributed by atoms with van der Waals surface area (Å²) in [6, 6.07) is 19.7. The molecule has 1 aromatic heterocycles. The number of ether oxygens (including phenoxy) is 1. The first-order chi connectivity index (χ1) is 22.3. The lowest BCUT2D eigenvalue weighted by molar-refractivity contribution is -0.135. The van der Waals surface area contributed by atoms with E-state index in [1.807, 2.05) is 47.4 Å². The van der Waals surface area contributed by atoms with Crippen molar-refractivity contribution in [3.63, 3.8) is 0 Å². The maximum atomic E-state index is 13.4. The fraction of sp³-hybridized carbons (Fsp3) is 0.472. The van der Waals surface area contributed by atoms with Crippen molar-refractivity contribution < 1.29 is 19.1 Å². The molecular formula is C36H44N6O4. The van der Waals surface area contributed by atoms with Gasteiger partial charge >= 0.3 is 6.03 Å². The molecule has 10 nitrogen and oxygen atoms in total. The van der Waals surface area contributed by atoms with Gasteiger partial charge in [0.25, 0.3) is 11.8 Å². The number of urea groups is 1. The first-order valence-electron chi connectivity index (χ1n) is 16.5. The number of likely N-dealkylation sites (tertiary alicyclic amines) is 1. The summed E-state index contributed by atoms with van der Waals surface area (Å²) in [7, 11) is 3.54. The van der Waals surface area contributed by atoms with Crippen LogP contribution in [0.2, 0.25) is 0 Å². The van der Waals surface area contributed by atoms with E-state index in [1.165, 1.54) is 17.7 Å². The van der Waals surface area contributed by atoms with Gasteiger partial charge in [0.15, 0.2) is 0 Å². The number of hydrogen-bond donors (Lipinski definition) is 2. The van der Waals surface area contributed by atoms with Gasteiger partial charge in [-0.15, -0.1) is 0 Å². The molecule has 1 saturated carbocycles. The highest BCUT2D eigenvalue weighted by Crippen LogP contribution is 2.49. The van der Waals surface area contributed by atoms with Crippen LogP contribution in [0.15, 0.2) is 60.7 Å². The van der Waals surface area contributed by atoms with Gasteiger partial charge < -0.3 is 29.7 Å². The topological polar surface area (TPSA) is 99.2 Å². The molecule has 3 aromatic rings. The van der Waals surface area contributed by atoms with E-state index in [-0.39, 0.29) is 23.4 Å². The van der Waals surface area contributed by atoms with Gasteiger partial charge in [-0.3, -0.25) is 14.5 Å². The monoisotopic (exact) mass is 624 g/mol. The summed E-state index contributed by atoms with van der Waals surface area (Å²) in [6.45, 7) is 6.01. The Labute approximate surface area is 270 Å². The maximum absolute atomic E-state index is 13.4. The normalized spacial score (nSPS) is 19.6. The molecule has 3 aliphatic heterocycles. The van der Waals surface area contributed by atoms with E-state index in [0.29, 0.717) is 23.2 Å². The van der Waals surface area contributed by atoms with Crippen LogP contribution in [0.25, 0.3) is 0 Å². The van der Waals surface area contributed by atoms with Crippen LogP contribution in [0.4, 0.5) is 10.5 Å². The SMILES string of the molecule is CN(C)C(=O)c1ccc(CN2CCn3c(C(=O)NCc4ccc(NC(=O)N5CCC6(CC5)COC6)cc4)ccc3C23CCC3)cc1. The number of carbonyl (C=O) groups excluding carboxylic acids is 3. The molecule has 2 spiro atoms. The van der Waals surface area contributed by atoms with Crippen LogP contribution in [0.5, 0.6) is 0 Å². The van der Waals surface area contributed by atoms with Crippen LogP contribution in [0.1, 0.15) is 69.8 Å². The number of anilines is 1. The van der Waals surface area contributed by atoms with Crippen molar-refractivity contribution in [2.45, 2.75) is 57.3 Å². The standard InChI is InChI=1S/C36H44N6O4/c1-39(2)33(44)28-8-4-27(5-9-28)23-41-20-21-42-30(12-13-31(42)36(41)14-3-15-36)32(43)37-22-26-6-10-29(11-7-26)38-34(45)40-18-16-35(17-19-40)24-46-25-35/h4-13H,3,14-25H2,1-2H3,(H,37,43)(H,38,45). The average Bonchev–Trinajstić information content (AvgIpc) is 3.47. The summed E-state index contributed by atoms with van der Waals surface area (Å²) in [5.74, 6) is -0.0667. The van der Waals surface area contributed by atoms with E-state index < -0.39 is 0 Å². The number of fused-ring (bicyclic) bond motifs is 2. The fourth-order valence-electron chi connectivity index (χ4n) is 7.50. The second kappa shape index (κ2) is 12.2. The predicted octanol–water partition coefficient (Wildman–Crippen LogP) is 4.66. The lowest BCUT2D eigenvalue weighted by Crippen LogP contribution is -2.56. The zero-order valence-electron chi connectivity index (χ0n) is 26.9. The molecule has 2 N–H and O–H groups in total. The molecule has 46 heavy (non-hydrogen) atoms. The van der Waals surface area contributed by atoms with Crippen molar-refractivity contribution >= 4 is 23.5 Å². The average molecular weight is 625 g/mol. The molecule has 4 heterocycles. The third-order valence-electron chi connectivity index (χ3n) is 10.6. The Balaban J connectivity index is 0.942. The Morgan fingerprint density at radius 1 is 0.826 bits per heavy atom. The van der Waals surface area contributed by atoms with Crippen molar-refractivity contribution in [3.05, 3.63) is 88.7 Å². The minimum Gasteiger partial charge on any atom is -0.380 e. The smallest absolute Gasteiger partial charge is 0.321 e. The van der Waals surface area contributed by atoms with Crippen LogP contribution < -0.4 is 10.6 Å². The maximum Gasteiger partial charge on any atom is 0.321 e. The van der Waals surface area contributed by atoms with Crippen LogP contribution in [-0.4, -0.2) is 84.1 Å². The molecule has 0 atom stereocenters. The van der Waals surface area contributed by atoms with Crippen molar-refractivity contribution in [1.29, 1.82) is 0 Å². The van der Waals surface area contributed by atoms with Gasteiger partial charge in [-0.05, 0) is 79.6 Å². The Morgan fingerprint density at radius 2 is 1.52 bits per heavy atom. The first-order valence-corrected chi connectivity index (χ1v) is 16.5. The molecule has 2 aromatic carbocycles. The Morgan fingerprint density at radius 3 is 2.13 bits per heavy atom. The molecule has 1 aliphatic carbocycles. The number of hydrogen-bond acceptors (Lipinski definition) is 5. The summed E-state index contributed by atoms with van der Waals surface area (Å²) in [5, 5.41) is 6.13. The summed E-state index contributed by atoms with van der Waals surface area (Å²) in [6.07, 6.45) is 5.32.